The number of hydrogen-bond acceptors (Lipinski definition) is 8. The Kier molecular flexibility index (Phi) is 3.88. The van der Waals surface area contributed by atoms with E-state index in [1.54, 1.807) is 0 Å². The second-order valence-corrected chi connectivity index (χ2v) is 3.79. The van der Waals surface area contributed by atoms with E-state index in [9.17, 15) is 0 Å². The number of anilines is 1. The molecule has 0 spiro atoms. The summed E-state index contributed by atoms with van der Waals surface area (Å²) in [6.45, 7) is 7.13. The van der Waals surface area contributed by atoms with Crippen LogP contribution in [-0.4, -0.2) is 45.0 Å². The monoisotopic (exact) mass is 252 g/mol. The van der Waals surface area contributed by atoms with Gasteiger partial charge in [-0.25, -0.2) is 4.63 Å². The molecule has 0 saturated carbocycles. The zero-order chi connectivity index (χ0) is 13.0. The molecule has 18 heavy (non-hydrogen) atoms. The zero-order valence-electron chi connectivity index (χ0n) is 10.5. The first-order valence-electron chi connectivity index (χ1n) is 5.88. The molecule has 8 heteroatoms. The first-order valence-corrected chi connectivity index (χ1v) is 5.88. The molecule has 0 saturated heterocycles. The molecule has 98 valence electrons. The SMILES string of the molecule is CCN(CC)CCc1noc(-c2nonc2N)n1. The molecular formula is C10H16N6O2. The third-order valence-electron chi connectivity index (χ3n) is 2.73. The van der Waals surface area contributed by atoms with Crippen LogP contribution in [0, 0.1) is 0 Å². The molecule has 0 aliphatic carbocycles. The molecule has 0 atom stereocenters. The lowest BCUT2D eigenvalue weighted by Crippen LogP contribution is -2.25. The van der Waals surface area contributed by atoms with E-state index in [-0.39, 0.29) is 17.4 Å². The van der Waals surface area contributed by atoms with Crippen molar-refractivity contribution < 1.29 is 9.15 Å². The highest BCUT2D eigenvalue weighted by molar-refractivity contribution is 5.60. The number of nitrogens with two attached hydrogens (primary N) is 1. The lowest BCUT2D eigenvalue weighted by Gasteiger charge is -2.16. The largest absolute Gasteiger partial charge is 0.379 e. The van der Waals surface area contributed by atoms with Gasteiger partial charge in [0.1, 0.15) is 0 Å². The predicted octanol–water partition coefficient (Wildman–Crippen LogP) is 0.586. The molecule has 0 bridgehead atoms. The molecule has 8 nitrogen and oxygen atoms in total. The van der Waals surface area contributed by atoms with Crippen LogP contribution in [0.4, 0.5) is 5.82 Å². The van der Waals surface area contributed by atoms with Crippen LogP contribution in [0.2, 0.25) is 0 Å². The first-order chi connectivity index (χ1) is 8.74. The van der Waals surface area contributed by atoms with Crippen LogP contribution in [0.25, 0.3) is 11.6 Å². The minimum atomic E-state index is 0.147. The van der Waals surface area contributed by atoms with Gasteiger partial charge < -0.3 is 15.2 Å². The summed E-state index contributed by atoms with van der Waals surface area (Å²) in [7, 11) is 0. The number of nitrogen functional groups attached to an aromatic ring is 1. The van der Waals surface area contributed by atoms with Gasteiger partial charge in [0.25, 0.3) is 5.89 Å². The van der Waals surface area contributed by atoms with Gasteiger partial charge in [-0.15, -0.1) is 0 Å². The van der Waals surface area contributed by atoms with E-state index in [0.29, 0.717) is 5.82 Å². The quantitative estimate of drug-likeness (QED) is 0.795. The van der Waals surface area contributed by atoms with Crippen molar-refractivity contribution in [1.29, 1.82) is 0 Å². The Morgan fingerprint density at radius 1 is 1.17 bits per heavy atom. The van der Waals surface area contributed by atoms with E-state index in [2.05, 4.69) is 43.8 Å². The average Bonchev–Trinajstić information content (AvgIpc) is 2.99. The van der Waals surface area contributed by atoms with Gasteiger partial charge in [0, 0.05) is 13.0 Å². The lowest BCUT2D eigenvalue weighted by atomic mass is 10.3. The van der Waals surface area contributed by atoms with Crippen molar-refractivity contribution in [1.82, 2.24) is 25.4 Å². The van der Waals surface area contributed by atoms with Crippen LogP contribution in [0.1, 0.15) is 19.7 Å². The summed E-state index contributed by atoms with van der Waals surface area (Å²) in [6, 6.07) is 0. The van der Waals surface area contributed by atoms with E-state index < -0.39 is 0 Å². The molecule has 0 unspecified atom stereocenters. The Bertz CT molecular complexity index is 490. The first kappa shape index (κ1) is 12.5. The number of rotatable bonds is 6. The van der Waals surface area contributed by atoms with Gasteiger partial charge in [0.2, 0.25) is 11.5 Å². The van der Waals surface area contributed by atoms with Gasteiger partial charge in [0.15, 0.2) is 5.82 Å². The Morgan fingerprint density at radius 2 is 1.94 bits per heavy atom. The van der Waals surface area contributed by atoms with Crippen molar-refractivity contribution in [3.8, 4) is 11.6 Å². The summed E-state index contributed by atoms with van der Waals surface area (Å²) in [4.78, 5) is 6.49. The standard InChI is InChI=1S/C10H16N6O2/c1-3-16(4-2)6-5-7-12-10(17-13-7)8-9(11)15-18-14-8/h3-6H2,1-2H3,(H2,11,15). The van der Waals surface area contributed by atoms with Crippen molar-refractivity contribution in [2.45, 2.75) is 20.3 Å². The van der Waals surface area contributed by atoms with Crippen LogP contribution >= 0.6 is 0 Å². The van der Waals surface area contributed by atoms with E-state index in [4.69, 9.17) is 10.3 Å². The molecule has 0 aliphatic heterocycles. The number of nitrogens with zero attached hydrogens (tertiary/aromatic N) is 5. The molecule has 0 radical (unpaired) electrons. The van der Waals surface area contributed by atoms with E-state index in [1.807, 2.05) is 0 Å². The van der Waals surface area contributed by atoms with E-state index in [0.717, 1.165) is 26.1 Å². The summed E-state index contributed by atoms with van der Waals surface area (Å²) in [5.74, 6) is 1.01. The molecule has 2 N–H and O–H groups in total. The number of aromatic nitrogens is 4. The van der Waals surface area contributed by atoms with Crippen molar-refractivity contribution in [3.63, 3.8) is 0 Å². The van der Waals surface area contributed by atoms with Crippen LogP contribution in [-0.2, 0) is 6.42 Å². The Labute approximate surface area is 104 Å². The second kappa shape index (κ2) is 5.58. The van der Waals surface area contributed by atoms with Gasteiger partial charge in [0.05, 0.1) is 0 Å². The summed E-state index contributed by atoms with van der Waals surface area (Å²) in [6.07, 6.45) is 0.719. The molecule has 2 aromatic heterocycles. The molecule has 0 amide bonds. The van der Waals surface area contributed by atoms with Crippen LogP contribution < -0.4 is 5.73 Å². The van der Waals surface area contributed by atoms with Crippen LogP contribution in [0.3, 0.4) is 0 Å². The van der Waals surface area contributed by atoms with Gasteiger partial charge in [-0.2, -0.15) is 4.98 Å². The fraction of sp³-hybridized carbons (Fsp3) is 0.600. The molecule has 2 rings (SSSR count). The third kappa shape index (κ3) is 2.65. The molecule has 2 aromatic rings. The lowest BCUT2D eigenvalue weighted by molar-refractivity contribution is 0.303. The van der Waals surface area contributed by atoms with E-state index in [1.165, 1.54) is 0 Å². The highest BCUT2D eigenvalue weighted by Crippen LogP contribution is 2.19. The van der Waals surface area contributed by atoms with Crippen molar-refractivity contribution in [3.05, 3.63) is 5.82 Å². The van der Waals surface area contributed by atoms with Crippen molar-refractivity contribution in [2.75, 3.05) is 25.4 Å². The molecule has 0 aromatic carbocycles. The maximum atomic E-state index is 5.54. The van der Waals surface area contributed by atoms with E-state index >= 15 is 0 Å². The summed E-state index contributed by atoms with van der Waals surface area (Å²) < 4.78 is 9.55. The minimum Gasteiger partial charge on any atom is -0.379 e. The topological polar surface area (TPSA) is 107 Å². The molecular weight excluding hydrogens is 236 g/mol. The maximum absolute atomic E-state index is 5.54. The molecule has 0 aliphatic rings. The smallest absolute Gasteiger partial charge is 0.284 e. The Morgan fingerprint density at radius 3 is 2.56 bits per heavy atom. The minimum absolute atomic E-state index is 0.147. The van der Waals surface area contributed by atoms with Crippen molar-refractivity contribution in [2.24, 2.45) is 0 Å². The zero-order valence-corrected chi connectivity index (χ0v) is 10.5. The third-order valence-corrected chi connectivity index (χ3v) is 2.73. The molecule has 0 fully saturated rings. The normalized spacial score (nSPS) is 11.3. The Balaban J connectivity index is 2.01. The fourth-order valence-electron chi connectivity index (χ4n) is 1.59. The molecule has 2 heterocycles. The average molecular weight is 252 g/mol. The van der Waals surface area contributed by atoms with Gasteiger partial charge >= 0.3 is 0 Å². The predicted molar refractivity (Wildman–Crippen MR) is 63.5 cm³/mol. The summed E-state index contributed by atoms with van der Waals surface area (Å²) >= 11 is 0. The van der Waals surface area contributed by atoms with Crippen molar-refractivity contribution >= 4 is 5.82 Å². The van der Waals surface area contributed by atoms with Gasteiger partial charge in [-0.05, 0) is 23.4 Å². The number of likely N-dealkylation sites (N-methyl/N-ethyl adjacent to an activating group) is 1. The van der Waals surface area contributed by atoms with Gasteiger partial charge in [-0.3, -0.25) is 0 Å². The Hall–Kier alpha value is -1.96. The highest BCUT2D eigenvalue weighted by Gasteiger charge is 2.17. The number of hydrogen-bond donors (Lipinski definition) is 1. The highest BCUT2D eigenvalue weighted by atomic mass is 16.6. The van der Waals surface area contributed by atoms with Crippen LogP contribution in [0.5, 0.6) is 0 Å². The van der Waals surface area contributed by atoms with Crippen LogP contribution in [0.15, 0.2) is 9.15 Å². The van der Waals surface area contributed by atoms with Gasteiger partial charge in [-0.1, -0.05) is 19.0 Å². The fourth-order valence-corrected chi connectivity index (χ4v) is 1.59. The summed E-state index contributed by atoms with van der Waals surface area (Å²) in [5, 5.41) is 10.9. The maximum Gasteiger partial charge on any atom is 0.284 e. The second-order valence-electron chi connectivity index (χ2n) is 3.79. The summed E-state index contributed by atoms with van der Waals surface area (Å²) in [5.41, 5.74) is 5.83.